The van der Waals surface area contributed by atoms with Gasteiger partial charge in [0.2, 0.25) is 0 Å². The van der Waals surface area contributed by atoms with Crippen molar-refractivity contribution in [3.8, 4) is 28.5 Å². The highest BCUT2D eigenvalue weighted by molar-refractivity contribution is 6.06. The zero-order valence-corrected chi connectivity index (χ0v) is 17.7. The van der Waals surface area contributed by atoms with Crippen molar-refractivity contribution in [3.63, 3.8) is 0 Å². The Labute approximate surface area is 188 Å². The molecule has 7 nitrogen and oxygen atoms in total. The predicted octanol–water partition coefficient (Wildman–Crippen LogP) is 5.02. The molecule has 0 spiro atoms. The van der Waals surface area contributed by atoms with Crippen LogP contribution >= 0.6 is 0 Å². The van der Waals surface area contributed by atoms with E-state index in [9.17, 15) is 9.18 Å². The van der Waals surface area contributed by atoms with Crippen LogP contribution in [-0.4, -0.2) is 30.9 Å². The van der Waals surface area contributed by atoms with Crippen LogP contribution in [0.2, 0.25) is 0 Å². The average molecular weight is 438 g/mol. The van der Waals surface area contributed by atoms with E-state index in [0.29, 0.717) is 39.8 Å². The molecule has 33 heavy (non-hydrogen) atoms. The molecule has 0 radical (unpaired) electrons. The molecule has 0 unspecified atom stereocenters. The summed E-state index contributed by atoms with van der Waals surface area (Å²) in [6, 6.07) is 22.9. The summed E-state index contributed by atoms with van der Waals surface area (Å²) >= 11 is 0. The molecule has 1 amide bonds. The van der Waals surface area contributed by atoms with Crippen molar-refractivity contribution >= 4 is 11.6 Å². The molecule has 0 aliphatic carbocycles. The molecular weight excluding hydrogens is 419 g/mol. The molecule has 0 saturated heterocycles. The van der Waals surface area contributed by atoms with E-state index in [2.05, 4.69) is 25.6 Å². The number of para-hydroxylation sites is 1. The lowest BCUT2D eigenvalue weighted by molar-refractivity contribution is 0.102. The van der Waals surface area contributed by atoms with Crippen molar-refractivity contribution < 1.29 is 9.18 Å². The Kier molecular flexibility index (Phi) is 5.24. The first-order chi connectivity index (χ1) is 16.1. The van der Waals surface area contributed by atoms with E-state index in [1.807, 2.05) is 48.5 Å². The van der Waals surface area contributed by atoms with E-state index in [0.717, 1.165) is 5.56 Å². The van der Waals surface area contributed by atoms with Gasteiger partial charge in [-0.1, -0.05) is 42.5 Å². The number of halogens is 1. The molecule has 2 aromatic heterocycles. The highest BCUT2D eigenvalue weighted by Crippen LogP contribution is 2.27. The minimum Gasteiger partial charge on any atom is -0.321 e. The molecule has 0 saturated carbocycles. The third kappa shape index (κ3) is 4.01. The van der Waals surface area contributed by atoms with Crippen LogP contribution in [0.3, 0.4) is 0 Å². The number of benzene rings is 3. The first-order valence-electron chi connectivity index (χ1n) is 10.3. The average Bonchev–Trinajstić information content (AvgIpc) is 3.48. The number of H-pyrrole nitrogens is 1. The lowest BCUT2D eigenvalue weighted by Gasteiger charge is -2.09. The van der Waals surface area contributed by atoms with Crippen molar-refractivity contribution in [2.24, 2.45) is 0 Å². The Morgan fingerprint density at radius 3 is 2.48 bits per heavy atom. The quantitative estimate of drug-likeness (QED) is 0.403. The van der Waals surface area contributed by atoms with Gasteiger partial charge in [0.25, 0.3) is 5.91 Å². The van der Waals surface area contributed by atoms with Crippen LogP contribution in [0, 0.1) is 12.7 Å². The molecule has 5 aromatic rings. The number of aromatic nitrogens is 5. The van der Waals surface area contributed by atoms with Crippen LogP contribution < -0.4 is 5.32 Å². The van der Waals surface area contributed by atoms with Gasteiger partial charge in [-0.25, -0.2) is 14.1 Å². The van der Waals surface area contributed by atoms with Crippen molar-refractivity contribution in [2.75, 3.05) is 5.32 Å². The van der Waals surface area contributed by atoms with E-state index in [1.54, 1.807) is 29.8 Å². The van der Waals surface area contributed by atoms with Crippen molar-refractivity contribution in [1.29, 1.82) is 0 Å². The topological polar surface area (TPSA) is 88.5 Å². The second-order valence-electron chi connectivity index (χ2n) is 7.41. The summed E-state index contributed by atoms with van der Waals surface area (Å²) in [5.41, 5.74) is 3.92. The van der Waals surface area contributed by atoms with Gasteiger partial charge in [0.1, 0.15) is 5.82 Å². The summed E-state index contributed by atoms with van der Waals surface area (Å²) in [4.78, 5) is 17.7. The fourth-order valence-corrected chi connectivity index (χ4v) is 3.56. The van der Waals surface area contributed by atoms with Crippen LogP contribution in [0.25, 0.3) is 28.5 Å². The molecule has 0 aliphatic rings. The Balaban J connectivity index is 1.42. The smallest absolute Gasteiger partial charge is 0.259 e. The lowest BCUT2D eigenvalue weighted by Crippen LogP contribution is -2.14. The van der Waals surface area contributed by atoms with E-state index >= 15 is 0 Å². The van der Waals surface area contributed by atoms with Gasteiger partial charge < -0.3 is 5.32 Å². The highest BCUT2D eigenvalue weighted by atomic mass is 19.1. The van der Waals surface area contributed by atoms with Gasteiger partial charge in [-0.2, -0.15) is 10.2 Å². The lowest BCUT2D eigenvalue weighted by atomic mass is 10.1. The fourth-order valence-electron chi connectivity index (χ4n) is 3.56. The minimum absolute atomic E-state index is 0.309. The molecule has 0 fully saturated rings. The molecule has 0 atom stereocenters. The number of amides is 1. The normalized spacial score (nSPS) is 10.8. The minimum atomic E-state index is -0.332. The van der Waals surface area contributed by atoms with Gasteiger partial charge in [0, 0.05) is 11.1 Å². The summed E-state index contributed by atoms with van der Waals surface area (Å²) in [7, 11) is 0. The maximum atomic E-state index is 13.2. The molecule has 8 heteroatoms. The summed E-state index contributed by atoms with van der Waals surface area (Å²) in [5, 5.41) is 14.5. The monoisotopic (exact) mass is 438 g/mol. The summed E-state index contributed by atoms with van der Waals surface area (Å²) in [5.74, 6) is 0.476. The Hall–Kier alpha value is -4.59. The van der Waals surface area contributed by atoms with E-state index in [1.165, 1.54) is 18.3 Å². The van der Waals surface area contributed by atoms with Gasteiger partial charge >= 0.3 is 0 Å². The van der Waals surface area contributed by atoms with Crippen molar-refractivity contribution in [2.45, 2.75) is 6.92 Å². The molecular formula is C25H19FN6O. The zero-order chi connectivity index (χ0) is 22.8. The number of hydrogen-bond donors (Lipinski definition) is 2. The number of anilines is 1. The molecule has 0 bridgehead atoms. The maximum Gasteiger partial charge on any atom is 0.259 e. The number of hydrogen-bond acceptors (Lipinski definition) is 4. The Morgan fingerprint density at radius 2 is 1.70 bits per heavy atom. The summed E-state index contributed by atoms with van der Waals surface area (Å²) < 4.78 is 14.8. The molecule has 2 N–H and O–H groups in total. The second-order valence-corrected chi connectivity index (χ2v) is 7.41. The first-order valence-corrected chi connectivity index (χ1v) is 10.3. The van der Waals surface area contributed by atoms with E-state index in [4.69, 9.17) is 0 Å². The summed E-state index contributed by atoms with van der Waals surface area (Å²) in [6.07, 6.45) is 1.50. The van der Waals surface area contributed by atoms with Crippen molar-refractivity contribution in [3.05, 3.63) is 102 Å². The second kappa shape index (κ2) is 8.51. The van der Waals surface area contributed by atoms with Gasteiger partial charge in [-0.15, -0.1) is 0 Å². The van der Waals surface area contributed by atoms with Crippen molar-refractivity contribution in [1.82, 2.24) is 25.0 Å². The van der Waals surface area contributed by atoms with E-state index in [-0.39, 0.29) is 11.7 Å². The van der Waals surface area contributed by atoms with Crippen LogP contribution in [0.1, 0.15) is 16.1 Å². The largest absolute Gasteiger partial charge is 0.321 e. The fraction of sp³-hybridized carbons (Fsp3) is 0.0400. The predicted molar refractivity (Wildman–Crippen MR) is 123 cm³/mol. The molecule has 2 heterocycles. The van der Waals surface area contributed by atoms with Gasteiger partial charge in [0.15, 0.2) is 11.6 Å². The third-order valence-corrected chi connectivity index (χ3v) is 5.27. The van der Waals surface area contributed by atoms with Crippen LogP contribution in [0.4, 0.5) is 10.1 Å². The first kappa shape index (κ1) is 20.3. The van der Waals surface area contributed by atoms with Gasteiger partial charge in [0.05, 0.1) is 28.8 Å². The summed E-state index contributed by atoms with van der Waals surface area (Å²) in [6.45, 7) is 1.79. The standard InChI is InChI=1S/C25H19FN6O/c1-16-21(15-27-32(16)19-13-11-18(26)12-14-19)25(33)28-22-10-6-5-9-20(22)24-29-23(30-31-24)17-7-3-2-4-8-17/h2-15H,1H3,(H,28,33)(H,29,30,31). The number of nitrogens with zero attached hydrogens (tertiary/aromatic N) is 4. The maximum absolute atomic E-state index is 13.2. The molecule has 3 aromatic carbocycles. The molecule has 0 aliphatic heterocycles. The Bertz CT molecular complexity index is 1420. The van der Waals surface area contributed by atoms with Gasteiger partial charge in [-0.05, 0) is 43.3 Å². The number of carbonyl (C=O) groups excluding carboxylic acids is 1. The number of rotatable bonds is 5. The van der Waals surface area contributed by atoms with Crippen LogP contribution in [0.5, 0.6) is 0 Å². The molecule has 162 valence electrons. The number of nitrogens with one attached hydrogen (secondary N) is 2. The molecule has 5 rings (SSSR count). The van der Waals surface area contributed by atoms with Crippen LogP contribution in [-0.2, 0) is 0 Å². The third-order valence-electron chi connectivity index (χ3n) is 5.27. The number of aromatic amines is 1. The Morgan fingerprint density at radius 1 is 0.970 bits per heavy atom. The van der Waals surface area contributed by atoms with E-state index < -0.39 is 0 Å². The zero-order valence-electron chi connectivity index (χ0n) is 17.7. The highest BCUT2D eigenvalue weighted by Gasteiger charge is 2.18. The number of carbonyl (C=O) groups is 1. The SMILES string of the molecule is Cc1c(C(=O)Nc2ccccc2-c2nc(-c3ccccc3)n[nH]2)cnn1-c1ccc(F)cc1. The van der Waals surface area contributed by atoms with Gasteiger partial charge in [-0.3, -0.25) is 9.89 Å². The van der Waals surface area contributed by atoms with Crippen LogP contribution in [0.15, 0.2) is 85.1 Å².